The van der Waals surface area contributed by atoms with Crippen LogP contribution in [0.2, 0.25) is 0 Å². The summed E-state index contributed by atoms with van der Waals surface area (Å²) in [6.07, 6.45) is 2.87. The van der Waals surface area contributed by atoms with Gasteiger partial charge in [0.25, 0.3) is 11.1 Å². The molecule has 1 atom stereocenters. The summed E-state index contributed by atoms with van der Waals surface area (Å²) in [6.45, 7) is 3.06. The van der Waals surface area contributed by atoms with Gasteiger partial charge in [-0.2, -0.15) is 4.31 Å². The van der Waals surface area contributed by atoms with Gasteiger partial charge in [-0.3, -0.25) is 0 Å². The number of benzene rings is 1. The van der Waals surface area contributed by atoms with Gasteiger partial charge in [-0.15, -0.1) is 21.5 Å². The Morgan fingerprint density at radius 1 is 1.13 bits per heavy atom. The quantitative estimate of drug-likeness (QED) is 0.360. The number of hydrogen-bond acceptors (Lipinski definition) is 9. The number of nitrogens with zero attached hydrogens (tertiary/aromatic N) is 4. The van der Waals surface area contributed by atoms with E-state index in [2.05, 4.69) is 15.2 Å². The number of piperidine rings is 1. The molecule has 11 heteroatoms. The average Bonchev–Trinajstić information content (AvgIpc) is 3.53. The van der Waals surface area contributed by atoms with Crippen molar-refractivity contribution < 1.29 is 17.3 Å². The number of aromatic nitrogens is 3. The van der Waals surface area contributed by atoms with Crippen LogP contribution in [0.1, 0.15) is 37.3 Å². The van der Waals surface area contributed by atoms with Crippen LogP contribution in [0.15, 0.2) is 54.7 Å². The van der Waals surface area contributed by atoms with E-state index in [-0.39, 0.29) is 10.1 Å². The van der Waals surface area contributed by atoms with E-state index in [1.54, 1.807) is 22.5 Å². The Morgan fingerprint density at radius 2 is 1.97 bits per heavy atom. The Bertz CT molecular complexity index is 1290. The van der Waals surface area contributed by atoms with Crippen molar-refractivity contribution in [1.29, 1.82) is 0 Å². The molecule has 1 aromatic carbocycles. The molecule has 0 bridgehead atoms. The monoisotopic (exact) mass is 476 g/mol. The van der Waals surface area contributed by atoms with E-state index in [0.717, 1.165) is 24.1 Å². The van der Waals surface area contributed by atoms with Crippen molar-refractivity contribution in [3.63, 3.8) is 0 Å². The van der Waals surface area contributed by atoms with Crippen LogP contribution in [0, 0.1) is 0 Å². The third-order valence-electron chi connectivity index (χ3n) is 5.09. The maximum absolute atomic E-state index is 12.9. The van der Waals surface area contributed by atoms with E-state index in [9.17, 15) is 8.42 Å². The Morgan fingerprint density at radius 3 is 2.74 bits per heavy atom. The van der Waals surface area contributed by atoms with Crippen molar-refractivity contribution in [2.45, 2.75) is 41.6 Å². The zero-order valence-corrected chi connectivity index (χ0v) is 19.2. The van der Waals surface area contributed by atoms with Gasteiger partial charge in [-0.05, 0) is 49.4 Å². The summed E-state index contributed by atoms with van der Waals surface area (Å²) in [5.74, 6) is 0.964. The highest BCUT2D eigenvalue weighted by Gasteiger charge is 2.27. The number of thioether (sulfide) groups is 1. The van der Waals surface area contributed by atoms with Crippen molar-refractivity contribution in [1.82, 2.24) is 19.5 Å². The Hall–Kier alpha value is -2.21. The Balaban J connectivity index is 1.35. The van der Waals surface area contributed by atoms with Gasteiger partial charge in [-0.25, -0.2) is 13.4 Å². The lowest BCUT2D eigenvalue weighted by molar-refractivity contribution is 0.346. The minimum atomic E-state index is -3.52. The second kappa shape index (κ2) is 8.38. The lowest BCUT2D eigenvalue weighted by Crippen LogP contribution is -2.35. The Kier molecular flexibility index (Phi) is 5.59. The molecule has 31 heavy (non-hydrogen) atoms. The molecule has 0 saturated carbocycles. The fourth-order valence-corrected chi connectivity index (χ4v) is 6.42. The standard InChI is InChI=1S/C20H20N4O4S3/c1-13(18-22-23-19(28-18)17-6-5-11-29-17)30-20-21-15-12-14(7-8-16(15)27-20)31(25,26)24-9-3-2-4-10-24/h5-8,11-13H,2-4,9-10H2,1H3/t13-/m0/s1. The zero-order valence-electron chi connectivity index (χ0n) is 16.7. The predicted molar refractivity (Wildman–Crippen MR) is 119 cm³/mol. The minimum absolute atomic E-state index is 0.175. The van der Waals surface area contributed by atoms with Gasteiger partial charge in [0.05, 0.1) is 15.0 Å². The molecule has 8 nitrogen and oxygen atoms in total. The molecule has 0 aliphatic carbocycles. The van der Waals surface area contributed by atoms with Crippen LogP contribution in [0.3, 0.4) is 0 Å². The molecule has 162 valence electrons. The van der Waals surface area contributed by atoms with Crippen LogP contribution in [0.25, 0.3) is 21.9 Å². The Labute approximate surface area is 187 Å². The molecule has 0 radical (unpaired) electrons. The van der Waals surface area contributed by atoms with Crippen LogP contribution in [-0.2, 0) is 10.0 Å². The molecule has 1 aliphatic heterocycles. The van der Waals surface area contributed by atoms with Gasteiger partial charge < -0.3 is 8.83 Å². The van der Waals surface area contributed by atoms with Crippen molar-refractivity contribution in [3.05, 3.63) is 41.6 Å². The summed E-state index contributed by atoms with van der Waals surface area (Å²) in [5, 5.41) is 10.4. The van der Waals surface area contributed by atoms with Crippen molar-refractivity contribution in [2.75, 3.05) is 13.1 Å². The lowest BCUT2D eigenvalue weighted by Gasteiger charge is -2.25. The number of fused-ring (bicyclic) bond motifs is 1. The fraction of sp³-hybridized carbons (Fsp3) is 0.350. The van der Waals surface area contributed by atoms with Gasteiger partial charge in [-0.1, -0.05) is 24.2 Å². The molecule has 4 heterocycles. The first-order valence-corrected chi connectivity index (χ1v) is 13.2. The number of thiophene rings is 1. The summed E-state index contributed by atoms with van der Waals surface area (Å²) in [4.78, 5) is 5.64. The summed E-state index contributed by atoms with van der Waals surface area (Å²) >= 11 is 2.88. The molecule has 3 aromatic heterocycles. The first-order chi connectivity index (χ1) is 15.0. The zero-order chi connectivity index (χ0) is 21.4. The second-order valence-electron chi connectivity index (χ2n) is 7.26. The normalized spacial score (nSPS) is 16.7. The molecule has 1 saturated heterocycles. The first-order valence-electron chi connectivity index (χ1n) is 9.95. The van der Waals surface area contributed by atoms with Crippen molar-refractivity contribution in [3.8, 4) is 10.8 Å². The van der Waals surface area contributed by atoms with Crippen LogP contribution in [0.4, 0.5) is 0 Å². The fourth-order valence-electron chi connectivity index (χ4n) is 3.45. The maximum atomic E-state index is 12.9. The van der Waals surface area contributed by atoms with E-state index in [4.69, 9.17) is 8.83 Å². The topological polar surface area (TPSA) is 102 Å². The minimum Gasteiger partial charge on any atom is -0.431 e. The third-order valence-corrected chi connectivity index (χ3v) is 8.77. The lowest BCUT2D eigenvalue weighted by atomic mass is 10.2. The largest absolute Gasteiger partial charge is 0.431 e. The summed E-state index contributed by atoms with van der Waals surface area (Å²) < 4.78 is 39.0. The summed E-state index contributed by atoms with van der Waals surface area (Å²) in [5.41, 5.74) is 1.05. The molecule has 1 aliphatic rings. The smallest absolute Gasteiger partial charge is 0.257 e. The highest BCUT2D eigenvalue weighted by Crippen LogP contribution is 2.37. The van der Waals surface area contributed by atoms with E-state index in [0.29, 0.717) is 41.2 Å². The number of hydrogen-bond donors (Lipinski definition) is 0. The van der Waals surface area contributed by atoms with Gasteiger partial charge in [0.1, 0.15) is 5.52 Å². The van der Waals surface area contributed by atoms with Gasteiger partial charge in [0.15, 0.2) is 5.58 Å². The first kappa shape index (κ1) is 20.7. The molecule has 0 spiro atoms. The highest BCUT2D eigenvalue weighted by atomic mass is 32.2. The molecule has 4 aromatic rings. The van der Waals surface area contributed by atoms with E-state index in [1.807, 2.05) is 24.4 Å². The molecular formula is C20H20N4O4S3. The predicted octanol–water partition coefficient (Wildman–Crippen LogP) is 4.97. The number of oxazole rings is 1. The van der Waals surface area contributed by atoms with E-state index >= 15 is 0 Å². The number of sulfonamides is 1. The summed E-state index contributed by atoms with van der Waals surface area (Å²) in [6, 6.07) is 8.69. The molecular weight excluding hydrogens is 456 g/mol. The average molecular weight is 477 g/mol. The van der Waals surface area contributed by atoms with E-state index in [1.165, 1.54) is 23.1 Å². The van der Waals surface area contributed by atoms with Crippen LogP contribution < -0.4 is 0 Å². The molecule has 0 N–H and O–H groups in total. The summed E-state index contributed by atoms with van der Waals surface area (Å²) in [7, 11) is -3.52. The highest BCUT2D eigenvalue weighted by molar-refractivity contribution is 7.99. The van der Waals surface area contributed by atoms with Crippen LogP contribution >= 0.6 is 23.1 Å². The van der Waals surface area contributed by atoms with Gasteiger partial charge in [0, 0.05) is 13.1 Å². The second-order valence-corrected chi connectivity index (χ2v) is 11.4. The van der Waals surface area contributed by atoms with Gasteiger partial charge >= 0.3 is 0 Å². The van der Waals surface area contributed by atoms with Gasteiger partial charge in [0.2, 0.25) is 15.9 Å². The van der Waals surface area contributed by atoms with Crippen LogP contribution in [-0.4, -0.2) is 41.0 Å². The van der Waals surface area contributed by atoms with Crippen molar-refractivity contribution >= 4 is 44.2 Å². The molecule has 0 amide bonds. The van der Waals surface area contributed by atoms with E-state index < -0.39 is 10.0 Å². The van der Waals surface area contributed by atoms with Crippen molar-refractivity contribution in [2.24, 2.45) is 0 Å². The van der Waals surface area contributed by atoms with Crippen LogP contribution in [0.5, 0.6) is 0 Å². The number of rotatable bonds is 6. The third kappa shape index (κ3) is 4.14. The molecule has 5 rings (SSSR count). The molecule has 0 unspecified atom stereocenters. The maximum Gasteiger partial charge on any atom is 0.257 e. The molecule has 1 fully saturated rings. The SMILES string of the molecule is C[C@H](Sc1nc2cc(S(=O)(=O)N3CCCCC3)ccc2o1)c1nnc(-c2cccs2)o1.